The first-order valence-electron chi connectivity index (χ1n) is 7.07. The Labute approximate surface area is 138 Å². The molecule has 138 valence electrons. The molecule has 8 N–H and O–H groups in total. The molecule has 0 aromatic rings. The van der Waals surface area contributed by atoms with Crippen LogP contribution < -0.4 is 5.32 Å². The van der Waals surface area contributed by atoms with Gasteiger partial charge in [-0.25, -0.2) is 0 Å². The maximum Gasteiger partial charge on any atom is 0.187 e. The quantitative estimate of drug-likeness (QED) is 0.244. The minimum atomic E-state index is -1.63. The molecule has 2 fully saturated rings. The fourth-order valence-electron chi connectivity index (χ4n) is 2.63. The smallest absolute Gasteiger partial charge is 0.187 e. The molecule has 2 rings (SSSR count). The zero-order valence-corrected chi connectivity index (χ0v) is 13.0. The van der Waals surface area contributed by atoms with Crippen LogP contribution >= 0.6 is 12.4 Å². The predicted molar refractivity (Wildman–Crippen MR) is 76.5 cm³/mol. The minimum absolute atomic E-state index is 0. The van der Waals surface area contributed by atoms with Gasteiger partial charge in [-0.05, 0) is 0 Å². The van der Waals surface area contributed by atoms with Crippen molar-refractivity contribution in [3.63, 3.8) is 0 Å². The van der Waals surface area contributed by atoms with E-state index in [9.17, 15) is 25.5 Å². The Morgan fingerprint density at radius 3 is 2.13 bits per heavy atom. The maximum atomic E-state index is 10.1. The van der Waals surface area contributed by atoms with Crippen LogP contribution in [0, 0.1) is 5.92 Å². The standard InChI is InChI=1S/C12H23NO9.ClH/c14-2-4-1-13-11(20)10(6(4)16)22-12-9(19)8(18)7(17)5(3-15)21-12;/h4-20H,1-3H2;1H/t4-,5-,6-,7-,8+,9-,10+,11?,12+;/m1./s1. The molecule has 0 radical (unpaired) electrons. The molecule has 10 nitrogen and oxygen atoms in total. The molecule has 0 saturated carbocycles. The average Bonchev–Trinajstić information content (AvgIpc) is 2.51. The number of aliphatic hydroxyl groups is 7. The lowest BCUT2D eigenvalue weighted by atomic mass is 9.93. The molecule has 0 amide bonds. The van der Waals surface area contributed by atoms with E-state index in [4.69, 9.17) is 19.7 Å². The molecule has 2 saturated heterocycles. The monoisotopic (exact) mass is 361 g/mol. The fraction of sp³-hybridized carbons (Fsp3) is 1.00. The third-order valence-electron chi connectivity index (χ3n) is 4.09. The summed E-state index contributed by atoms with van der Waals surface area (Å²) < 4.78 is 10.5. The van der Waals surface area contributed by atoms with E-state index in [2.05, 4.69) is 5.32 Å². The predicted octanol–water partition coefficient (Wildman–Crippen LogP) is -4.52. The van der Waals surface area contributed by atoms with Gasteiger partial charge >= 0.3 is 0 Å². The molecule has 2 aliphatic rings. The number of piperidine rings is 1. The topological polar surface area (TPSA) is 172 Å². The van der Waals surface area contributed by atoms with Crippen molar-refractivity contribution in [2.75, 3.05) is 19.8 Å². The zero-order chi connectivity index (χ0) is 16.4. The second-order valence-electron chi connectivity index (χ2n) is 5.58. The van der Waals surface area contributed by atoms with Crippen LogP contribution in [-0.2, 0) is 9.47 Å². The molecule has 0 spiro atoms. The lowest BCUT2D eigenvalue weighted by Crippen LogP contribution is -2.64. The third-order valence-corrected chi connectivity index (χ3v) is 4.09. The van der Waals surface area contributed by atoms with Crippen molar-refractivity contribution in [1.82, 2.24) is 5.32 Å². The van der Waals surface area contributed by atoms with Crippen molar-refractivity contribution in [1.29, 1.82) is 0 Å². The first kappa shape index (κ1) is 20.9. The normalized spacial score (nSPS) is 47.9. The van der Waals surface area contributed by atoms with Crippen molar-refractivity contribution >= 4 is 12.4 Å². The number of hydrogen-bond donors (Lipinski definition) is 8. The zero-order valence-electron chi connectivity index (χ0n) is 12.2. The van der Waals surface area contributed by atoms with Gasteiger partial charge in [0.25, 0.3) is 0 Å². The maximum absolute atomic E-state index is 10.1. The lowest BCUT2D eigenvalue weighted by molar-refractivity contribution is -0.329. The molecular weight excluding hydrogens is 338 g/mol. The number of hydrogen-bond acceptors (Lipinski definition) is 10. The Hall–Kier alpha value is -0.110. The van der Waals surface area contributed by atoms with Crippen LogP contribution in [0.2, 0.25) is 0 Å². The van der Waals surface area contributed by atoms with Crippen LogP contribution in [0.5, 0.6) is 0 Å². The molecule has 9 atom stereocenters. The van der Waals surface area contributed by atoms with Crippen LogP contribution in [0.25, 0.3) is 0 Å². The van der Waals surface area contributed by atoms with E-state index >= 15 is 0 Å². The summed E-state index contributed by atoms with van der Waals surface area (Å²) in [5, 5.41) is 70.0. The second-order valence-corrected chi connectivity index (χ2v) is 5.58. The van der Waals surface area contributed by atoms with Gasteiger partial charge in [0.05, 0.1) is 12.7 Å². The van der Waals surface area contributed by atoms with E-state index in [1.54, 1.807) is 0 Å². The summed E-state index contributed by atoms with van der Waals surface area (Å²) in [7, 11) is 0. The molecule has 0 aliphatic carbocycles. The first-order chi connectivity index (χ1) is 10.4. The summed E-state index contributed by atoms with van der Waals surface area (Å²) in [5.41, 5.74) is 0. The molecular formula is C12H24ClNO9. The highest BCUT2D eigenvalue weighted by atomic mass is 35.5. The Bertz CT molecular complexity index is 363. The number of nitrogens with one attached hydrogen (secondary N) is 1. The van der Waals surface area contributed by atoms with Gasteiger partial charge < -0.3 is 45.2 Å². The van der Waals surface area contributed by atoms with Gasteiger partial charge in [0.15, 0.2) is 6.29 Å². The van der Waals surface area contributed by atoms with Crippen LogP contribution in [-0.4, -0.2) is 105 Å². The van der Waals surface area contributed by atoms with Crippen molar-refractivity contribution in [3.05, 3.63) is 0 Å². The van der Waals surface area contributed by atoms with Gasteiger partial charge in [0, 0.05) is 19.1 Å². The number of halogens is 1. The van der Waals surface area contributed by atoms with Crippen molar-refractivity contribution in [2.45, 2.75) is 49.1 Å². The Morgan fingerprint density at radius 2 is 1.57 bits per heavy atom. The first-order valence-corrected chi connectivity index (χ1v) is 7.07. The second kappa shape index (κ2) is 8.83. The molecule has 2 heterocycles. The number of aliphatic hydroxyl groups excluding tert-OH is 7. The number of ether oxygens (including phenoxy) is 2. The minimum Gasteiger partial charge on any atom is -0.396 e. The number of rotatable bonds is 4. The summed E-state index contributed by atoms with van der Waals surface area (Å²) in [4.78, 5) is 0. The van der Waals surface area contributed by atoms with Crippen LogP contribution in [0.1, 0.15) is 0 Å². The summed E-state index contributed by atoms with van der Waals surface area (Å²) in [6.45, 7) is -0.777. The van der Waals surface area contributed by atoms with E-state index in [-0.39, 0.29) is 25.6 Å². The van der Waals surface area contributed by atoms with E-state index in [0.717, 1.165) is 0 Å². The van der Waals surface area contributed by atoms with E-state index < -0.39 is 61.7 Å². The molecule has 0 aromatic carbocycles. The SMILES string of the molecule is Cl.OC[C@H]1CNC(O)[C@@H](O[C@@H]2O[C@H](CO)[C@@H](O)[C@H](O)[C@H]2O)[C@@H]1O. The van der Waals surface area contributed by atoms with Crippen molar-refractivity contribution < 1.29 is 45.2 Å². The molecule has 2 aliphatic heterocycles. The average molecular weight is 362 g/mol. The highest BCUT2D eigenvalue weighted by Gasteiger charge is 2.47. The third kappa shape index (κ3) is 4.30. The Kier molecular flexibility index (Phi) is 8.04. The molecule has 0 bridgehead atoms. The molecule has 1 unspecified atom stereocenters. The van der Waals surface area contributed by atoms with E-state index in [1.165, 1.54) is 0 Å². The van der Waals surface area contributed by atoms with Crippen LogP contribution in [0.15, 0.2) is 0 Å². The highest BCUT2D eigenvalue weighted by Crippen LogP contribution is 2.26. The lowest BCUT2D eigenvalue weighted by Gasteiger charge is -2.44. The Balaban J connectivity index is 0.00000264. The molecule has 23 heavy (non-hydrogen) atoms. The van der Waals surface area contributed by atoms with Gasteiger partial charge in [0.1, 0.15) is 36.7 Å². The van der Waals surface area contributed by atoms with Crippen LogP contribution in [0.3, 0.4) is 0 Å². The highest BCUT2D eigenvalue weighted by molar-refractivity contribution is 5.85. The van der Waals surface area contributed by atoms with Gasteiger partial charge in [-0.2, -0.15) is 0 Å². The Morgan fingerprint density at radius 1 is 0.913 bits per heavy atom. The fourth-order valence-corrected chi connectivity index (χ4v) is 2.63. The van der Waals surface area contributed by atoms with E-state index in [1.807, 2.05) is 0 Å². The van der Waals surface area contributed by atoms with Gasteiger partial charge in [-0.3, -0.25) is 5.32 Å². The van der Waals surface area contributed by atoms with Crippen molar-refractivity contribution in [3.8, 4) is 0 Å². The molecule has 11 heteroatoms. The summed E-state index contributed by atoms with van der Waals surface area (Å²) >= 11 is 0. The largest absolute Gasteiger partial charge is 0.396 e. The van der Waals surface area contributed by atoms with Crippen molar-refractivity contribution in [2.24, 2.45) is 5.92 Å². The summed E-state index contributed by atoms with van der Waals surface area (Å²) in [5.74, 6) is -0.585. The van der Waals surface area contributed by atoms with E-state index in [0.29, 0.717) is 0 Å². The van der Waals surface area contributed by atoms with Gasteiger partial charge in [0.2, 0.25) is 0 Å². The van der Waals surface area contributed by atoms with Gasteiger partial charge in [-0.1, -0.05) is 0 Å². The van der Waals surface area contributed by atoms with Gasteiger partial charge in [-0.15, -0.1) is 12.4 Å². The summed E-state index contributed by atoms with van der Waals surface area (Å²) in [6.07, 6.45) is -11.1. The molecule has 0 aromatic heterocycles. The summed E-state index contributed by atoms with van der Waals surface area (Å²) in [6, 6.07) is 0. The van der Waals surface area contributed by atoms with Crippen LogP contribution in [0.4, 0.5) is 0 Å².